The third kappa shape index (κ3) is 3.71. The van der Waals surface area contributed by atoms with E-state index in [1.165, 1.54) is 11.1 Å². The van der Waals surface area contributed by atoms with Crippen molar-refractivity contribution in [1.82, 2.24) is 19.9 Å². The molecule has 0 fully saturated rings. The summed E-state index contributed by atoms with van der Waals surface area (Å²) in [6, 6.07) is 19.0. The van der Waals surface area contributed by atoms with Gasteiger partial charge in [-0.3, -0.25) is 4.90 Å². The second kappa shape index (κ2) is 7.41. The van der Waals surface area contributed by atoms with Crippen LogP contribution in [0.2, 0.25) is 0 Å². The van der Waals surface area contributed by atoms with E-state index in [2.05, 4.69) is 72.0 Å². The van der Waals surface area contributed by atoms with E-state index in [1.807, 2.05) is 22.9 Å². The van der Waals surface area contributed by atoms with Crippen LogP contribution in [0.25, 0.3) is 11.0 Å². The first-order chi connectivity index (χ1) is 11.6. The minimum absolute atomic E-state index is 0.300. The molecule has 0 aliphatic heterocycles. The fourth-order valence-electron chi connectivity index (χ4n) is 2.86. The molecule has 3 rings (SSSR count). The van der Waals surface area contributed by atoms with Crippen LogP contribution in [0.1, 0.15) is 31.9 Å². The monoisotopic (exact) mass is 320 g/mol. The van der Waals surface area contributed by atoms with Gasteiger partial charge in [0.05, 0.1) is 12.2 Å². The van der Waals surface area contributed by atoms with Gasteiger partial charge in [-0.25, -0.2) is 4.68 Å². The van der Waals surface area contributed by atoms with E-state index in [0.29, 0.717) is 12.7 Å². The Kier molecular flexibility index (Phi) is 5.06. The van der Waals surface area contributed by atoms with Crippen molar-refractivity contribution in [2.24, 2.45) is 0 Å². The normalized spacial score (nSPS) is 12.6. The summed E-state index contributed by atoms with van der Waals surface area (Å²) in [5, 5.41) is 8.61. The summed E-state index contributed by atoms with van der Waals surface area (Å²) in [4.78, 5) is 2.42. The average Bonchev–Trinajstić information content (AvgIpc) is 3.01. The summed E-state index contributed by atoms with van der Waals surface area (Å²) in [6.07, 6.45) is 0.976. The average molecular weight is 320 g/mol. The minimum atomic E-state index is 0.300. The van der Waals surface area contributed by atoms with Crippen molar-refractivity contribution in [1.29, 1.82) is 0 Å². The molecule has 1 aromatic heterocycles. The van der Waals surface area contributed by atoms with Crippen LogP contribution in [0, 0.1) is 0 Å². The lowest BCUT2D eigenvalue weighted by Crippen LogP contribution is -2.31. The molecule has 1 unspecified atom stereocenters. The van der Waals surface area contributed by atoms with Crippen molar-refractivity contribution in [3.63, 3.8) is 0 Å². The van der Waals surface area contributed by atoms with Gasteiger partial charge in [0.25, 0.3) is 0 Å². The molecule has 2 aromatic carbocycles. The molecule has 0 spiro atoms. The van der Waals surface area contributed by atoms with Gasteiger partial charge >= 0.3 is 0 Å². The largest absolute Gasteiger partial charge is 0.277 e. The van der Waals surface area contributed by atoms with Crippen molar-refractivity contribution < 1.29 is 0 Å². The molecule has 0 N–H and O–H groups in total. The molecule has 4 nitrogen and oxygen atoms in total. The Hall–Kier alpha value is -2.46. The molecule has 24 heavy (non-hydrogen) atoms. The number of fused-ring (bicyclic) bond motifs is 1. The summed E-state index contributed by atoms with van der Waals surface area (Å²) in [5.41, 5.74) is 4.51. The van der Waals surface area contributed by atoms with E-state index in [9.17, 15) is 0 Å². The number of hydrogen-bond donors (Lipinski definition) is 0. The van der Waals surface area contributed by atoms with Gasteiger partial charge in [0.2, 0.25) is 0 Å². The second-order valence-corrected chi connectivity index (χ2v) is 6.33. The lowest BCUT2D eigenvalue weighted by molar-refractivity contribution is 0.157. The van der Waals surface area contributed by atoms with E-state index in [0.717, 1.165) is 24.0 Å². The molecule has 124 valence electrons. The quantitative estimate of drug-likeness (QED) is 0.604. The minimum Gasteiger partial charge on any atom is -0.277 e. The molecule has 0 radical (unpaired) electrons. The lowest BCUT2D eigenvalue weighted by atomic mass is 10.1. The molecule has 1 atom stereocenters. The summed E-state index contributed by atoms with van der Waals surface area (Å²) in [6.45, 7) is 10.0. The van der Waals surface area contributed by atoms with Gasteiger partial charge in [-0.15, -0.1) is 11.7 Å². The fourth-order valence-corrected chi connectivity index (χ4v) is 2.86. The van der Waals surface area contributed by atoms with Crippen LogP contribution in [0.5, 0.6) is 0 Å². The molecule has 1 heterocycles. The van der Waals surface area contributed by atoms with Gasteiger partial charge in [-0.05, 0) is 38.0 Å². The molecule has 0 saturated heterocycles. The van der Waals surface area contributed by atoms with Crippen LogP contribution in [0.4, 0.5) is 0 Å². The van der Waals surface area contributed by atoms with Gasteiger partial charge in [0.1, 0.15) is 5.52 Å². The van der Waals surface area contributed by atoms with Crippen molar-refractivity contribution in [3.05, 3.63) is 72.3 Å². The Bertz CT molecular complexity index is 807. The van der Waals surface area contributed by atoms with Gasteiger partial charge in [-0.2, -0.15) is 0 Å². The number of para-hydroxylation sites is 1. The highest BCUT2D eigenvalue weighted by atomic mass is 15.5. The summed E-state index contributed by atoms with van der Waals surface area (Å²) in [7, 11) is 0. The predicted molar refractivity (Wildman–Crippen MR) is 98.5 cm³/mol. The molecule has 0 aliphatic carbocycles. The number of nitrogens with zero attached hydrogens (tertiary/aromatic N) is 4. The third-order valence-electron chi connectivity index (χ3n) is 4.39. The predicted octanol–water partition coefficient (Wildman–Crippen LogP) is 4.42. The van der Waals surface area contributed by atoms with Gasteiger partial charge in [-0.1, -0.05) is 53.3 Å². The highest BCUT2D eigenvalue weighted by molar-refractivity contribution is 5.73. The number of benzene rings is 2. The smallest absolute Gasteiger partial charge is 0.113 e. The van der Waals surface area contributed by atoms with E-state index in [-0.39, 0.29) is 0 Å². The van der Waals surface area contributed by atoms with Crippen LogP contribution in [0.15, 0.2) is 66.7 Å². The lowest BCUT2D eigenvalue weighted by Gasteiger charge is -2.29. The molecule has 0 saturated carbocycles. The fraction of sp³-hybridized carbons (Fsp3) is 0.300. The number of rotatable bonds is 7. The van der Waals surface area contributed by atoms with Crippen LogP contribution in [0.3, 0.4) is 0 Å². The zero-order valence-corrected chi connectivity index (χ0v) is 14.4. The van der Waals surface area contributed by atoms with Gasteiger partial charge in [0.15, 0.2) is 0 Å². The van der Waals surface area contributed by atoms with Crippen molar-refractivity contribution in [3.8, 4) is 0 Å². The van der Waals surface area contributed by atoms with Gasteiger partial charge < -0.3 is 0 Å². The first-order valence-corrected chi connectivity index (χ1v) is 8.37. The summed E-state index contributed by atoms with van der Waals surface area (Å²) >= 11 is 0. The molecular weight excluding hydrogens is 296 g/mol. The molecule has 0 amide bonds. The Morgan fingerprint density at radius 2 is 1.83 bits per heavy atom. The van der Waals surface area contributed by atoms with E-state index in [4.69, 9.17) is 0 Å². The SMILES string of the molecule is C=C(C)CCN(Cn1nnc2ccccc21)C(C)c1ccccc1. The van der Waals surface area contributed by atoms with Crippen LogP contribution in [-0.4, -0.2) is 26.4 Å². The Morgan fingerprint density at radius 1 is 1.12 bits per heavy atom. The maximum Gasteiger partial charge on any atom is 0.113 e. The van der Waals surface area contributed by atoms with Crippen molar-refractivity contribution >= 4 is 11.0 Å². The zero-order chi connectivity index (χ0) is 16.9. The Balaban J connectivity index is 1.85. The molecule has 0 aliphatic rings. The molecular formula is C20H24N4. The molecule has 4 heteroatoms. The van der Waals surface area contributed by atoms with Crippen LogP contribution < -0.4 is 0 Å². The number of hydrogen-bond acceptors (Lipinski definition) is 3. The zero-order valence-electron chi connectivity index (χ0n) is 14.4. The highest BCUT2D eigenvalue weighted by Crippen LogP contribution is 2.22. The van der Waals surface area contributed by atoms with E-state index in [1.54, 1.807) is 0 Å². The third-order valence-corrected chi connectivity index (χ3v) is 4.39. The Morgan fingerprint density at radius 3 is 2.58 bits per heavy atom. The van der Waals surface area contributed by atoms with Crippen molar-refractivity contribution in [2.45, 2.75) is 33.0 Å². The maximum atomic E-state index is 4.34. The van der Waals surface area contributed by atoms with E-state index < -0.39 is 0 Å². The van der Waals surface area contributed by atoms with Gasteiger partial charge in [0, 0.05) is 12.6 Å². The summed E-state index contributed by atoms with van der Waals surface area (Å²) < 4.78 is 1.98. The first-order valence-electron chi connectivity index (χ1n) is 8.37. The van der Waals surface area contributed by atoms with Crippen molar-refractivity contribution in [2.75, 3.05) is 6.54 Å². The summed E-state index contributed by atoms with van der Waals surface area (Å²) in [5.74, 6) is 0. The van der Waals surface area contributed by atoms with Crippen LogP contribution in [-0.2, 0) is 6.67 Å². The standard InChI is InChI=1S/C20H24N4/c1-16(2)13-14-23(17(3)18-9-5-4-6-10-18)15-24-20-12-8-7-11-19(20)21-22-24/h4-12,17H,1,13-15H2,2-3H3. The molecule has 3 aromatic rings. The second-order valence-electron chi connectivity index (χ2n) is 6.33. The highest BCUT2D eigenvalue weighted by Gasteiger charge is 2.17. The first kappa shape index (κ1) is 16.4. The number of aromatic nitrogens is 3. The maximum absolute atomic E-state index is 4.34. The van der Waals surface area contributed by atoms with Crippen LogP contribution >= 0.6 is 0 Å². The molecule has 0 bridgehead atoms. The topological polar surface area (TPSA) is 34.0 Å². The van der Waals surface area contributed by atoms with E-state index >= 15 is 0 Å². The Labute approximate surface area is 143 Å².